The van der Waals surface area contributed by atoms with Crippen LogP contribution in [0.4, 0.5) is 9.59 Å². The summed E-state index contributed by atoms with van der Waals surface area (Å²) >= 11 is 0. The lowest BCUT2D eigenvalue weighted by atomic mass is 9.83. The molecule has 23 nitrogen and oxygen atoms in total. The van der Waals surface area contributed by atoms with E-state index in [0.29, 0.717) is 74.7 Å². The Morgan fingerprint density at radius 2 is 1.40 bits per heavy atom. The van der Waals surface area contributed by atoms with Crippen molar-refractivity contribution in [3.63, 3.8) is 0 Å². The van der Waals surface area contributed by atoms with E-state index in [9.17, 15) is 63.0 Å². The van der Waals surface area contributed by atoms with Gasteiger partial charge in [-0.15, -0.1) is 0 Å². The number of urea groups is 1. The van der Waals surface area contributed by atoms with Gasteiger partial charge in [0.25, 0.3) is 0 Å². The predicted octanol–water partition coefficient (Wildman–Crippen LogP) is 7.49. The van der Waals surface area contributed by atoms with Crippen molar-refractivity contribution >= 4 is 64.9 Å². The monoisotopic (exact) mass is 1330 g/mol. The number of aliphatic hydroxyl groups is 2. The molecule has 0 aromatic heterocycles. The predicted molar refractivity (Wildman–Crippen MR) is 360 cm³/mol. The first-order valence-electron chi connectivity index (χ1n) is 34.3. The van der Waals surface area contributed by atoms with Crippen LogP contribution in [-0.2, 0) is 65.7 Å². The number of benzene rings is 2. The number of imide groups is 1. The van der Waals surface area contributed by atoms with E-state index in [1.54, 1.807) is 74.0 Å². The molecule has 2 aromatic carbocycles. The van der Waals surface area contributed by atoms with Crippen molar-refractivity contribution in [3.05, 3.63) is 71.3 Å². The van der Waals surface area contributed by atoms with Crippen LogP contribution >= 0.6 is 0 Å². The van der Waals surface area contributed by atoms with Crippen LogP contribution in [0.3, 0.4) is 0 Å². The lowest BCUT2D eigenvalue weighted by Gasteiger charge is -2.41. The minimum Gasteiger partial charge on any atom is -0.445 e. The van der Waals surface area contributed by atoms with Gasteiger partial charge >= 0.3 is 12.1 Å². The molecule has 0 bridgehead atoms. The normalized spacial score (nSPS) is 18.4. The topological polar surface area (TPSA) is 322 Å². The number of hydrogen-bond acceptors (Lipinski definition) is 15. The Labute approximate surface area is 563 Å². The maximum atomic E-state index is 14.9. The van der Waals surface area contributed by atoms with Crippen LogP contribution in [0, 0.1) is 53.3 Å². The fourth-order valence-corrected chi connectivity index (χ4v) is 13.4. The number of amides is 9. The quantitative estimate of drug-likeness (QED) is 0.0277. The summed E-state index contributed by atoms with van der Waals surface area (Å²) in [6, 6.07) is 11.5. The van der Waals surface area contributed by atoms with Crippen LogP contribution in [0.2, 0.25) is 0 Å². The number of carbonyl (C=O) groups is 11. The van der Waals surface area contributed by atoms with E-state index in [-0.39, 0.29) is 141 Å². The van der Waals surface area contributed by atoms with Gasteiger partial charge in [0, 0.05) is 115 Å². The molecule has 0 aliphatic carbocycles. The number of aliphatic hydroxyl groups excluding tert-OH is 2. The number of methoxy groups -OCH3 is 1. The van der Waals surface area contributed by atoms with Gasteiger partial charge in [0.1, 0.15) is 12.4 Å². The molecule has 530 valence electrons. The van der Waals surface area contributed by atoms with Gasteiger partial charge in [-0.1, -0.05) is 137 Å². The molecule has 0 radical (unpaired) electrons. The van der Waals surface area contributed by atoms with Crippen LogP contribution in [0.5, 0.6) is 0 Å². The van der Waals surface area contributed by atoms with Gasteiger partial charge in [-0.25, -0.2) is 9.59 Å². The number of carbonyl (C=O) groups excluding carboxylic acids is 11. The highest BCUT2D eigenvalue weighted by Crippen LogP contribution is 2.33. The molecule has 4 rings (SSSR count). The Morgan fingerprint density at radius 1 is 0.758 bits per heavy atom. The molecule has 13 atom stereocenters. The maximum Gasteiger partial charge on any atom is 0.410 e. The Morgan fingerprint density at radius 3 is 1.97 bits per heavy atom. The number of unbranched alkanes of at least 4 members (excludes halogenated alkanes) is 2. The molecule has 2 unspecified atom stereocenters. The number of likely N-dealkylation sites (N-methyl/N-ethyl adjacent to an activating group) is 2. The van der Waals surface area contributed by atoms with Crippen molar-refractivity contribution < 1.29 is 72.4 Å². The molecule has 23 heteroatoms. The van der Waals surface area contributed by atoms with E-state index in [4.69, 9.17) is 15.2 Å². The van der Waals surface area contributed by atoms with E-state index in [0.717, 1.165) is 0 Å². The number of nitrogens with two attached hydrogens (primary N) is 1. The Hall–Kier alpha value is -7.11. The van der Waals surface area contributed by atoms with Gasteiger partial charge in [-0.2, -0.15) is 0 Å². The largest absolute Gasteiger partial charge is 0.445 e. The first kappa shape index (κ1) is 80.3. The number of nitrogens with zero attached hydrogens (tertiary/aromatic N) is 4. The molecule has 7 N–H and O–H groups in total. The SMILES string of the molecule is CC[C@H](C)[C@@H]([C@@H](CC(=O)N1CCC[C@H]1[C@H](CO)[C@@H](C)C(=O)N[C@H](C)[C@@H](O)c1ccccc1)OC)N(C)C(=O)[C@@H](CC(=O)C(C(C)C)N(C)C(=O)OCc1ccc(CC(=O)[C@H](CCCNC(N)=O)NC(=O)[C@@H](CC(=O)CCCCCN2C(=O)CC(C)C2=O)C(C)C)cc1)C(C)C. The molecule has 2 fully saturated rings. The Kier molecular flexibility index (Phi) is 33.1. The van der Waals surface area contributed by atoms with Crippen LogP contribution in [0.25, 0.3) is 0 Å². The van der Waals surface area contributed by atoms with Crippen molar-refractivity contribution in [2.45, 2.75) is 215 Å². The van der Waals surface area contributed by atoms with E-state index >= 15 is 0 Å². The molecule has 2 aliphatic heterocycles. The molecule has 9 amide bonds. The second-order valence-corrected chi connectivity index (χ2v) is 27.6. The molecule has 2 aromatic rings. The van der Waals surface area contributed by atoms with E-state index in [1.165, 1.54) is 24.0 Å². The third kappa shape index (κ3) is 23.6. The number of nitrogens with one attached hydrogen (secondary N) is 3. The summed E-state index contributed by atoms with van der Waals surface area (Å²) < 4.78 is 11.8. The molecule has 2 heterocycles. The van der Waals surface area contributed by atoms with Gasteiger partial charge in [-0.3, -0.25) is 48.1 Å². The lowest BCUT2D eigenvalue weighted by molar-refractivity contribution is -0.148. The van der Waals surface area contributed by atoms with E-state index in [2.05, 4.69) is 16.0 Å². The van der Waals surface area contributed by atoms with Crippen LogP contribution in [0.1, 0.15) is 182 Å². The van der Waals surface area contributed by atoms with Crippen LogP contribution in [-0.4, -0.2) is 178 Å². The van der Waals surface area contributed by atoms with Crippen LogP contribution in [0.15, 0.2) is 54.6 Å². The summed E-state index contributed by atoms with van der Waals surface area (Å²) in [6.07, 6.45) is 1.64. The van der Waals surface area contributed by atoms with E-state index < -0.39 is 84.1 Å². The molecule has 2 aliphatic rings. The number of Topliss-reactive ketones (excluding diaryl/α,β-unsaturated/α-hetero) is 3. The zero-order chi connectivity index (χ0) is 71.0. The fraction of sp³-hybridized carbons (Fsp3) is 0.681. The standard InChI is InChI=1S/C72H112N8O15/c1-15-46(8)65(61(94-14)40-63(86)79-35-23-28-58(79)56(41-81)48(10)67(88)75-49(11)66(87)52-24-18-16-19-25-52)77(12)70(91)55(44(4)5)39-60(84)64(45(6)7)78(13)72(93)95-42-51-31-29-50(30-32-51)37-59(83)57(27-22-33-74-71(73)92)76-68(89)54(43(2)3)38-53(82)26-20-17-21-34-80-62(85)36-47(9)69(80)90/h16,18-19,24-25,29-32,43-49,54-58,61,64-66,81,87H,15,17,20-23,26-28,33-42H2,1-14H3,(H,75,88)(H,76,89)(H3,73,74,92)/t46-,47?,48+,49+,54-,55-,56+,57-,58-,61+,64?,65-,66+/m0/s1. The summed E-state index contributed by atoms with van der Waals surface area (Å²) in [5, 5.41) is 30.0. The van der Waals surface area contributed by atoms with Gasteiger partial charge < -0.3 is 56.1 Å². The van der Waals surface area contributed by atoms with Gasteiger partial charge in [0.05, 0.1) is 42.8 Å². The Bertz CT molecular complexity index is 2870. The zero-order valence-corrected chi connectivity index (χ0v) is 58.9. The fourth-order valence-electron chi connectivity index (χ4n) is 13.4. The second kappa shape index (κ2) is 39.2. The Balaban J connectivity index is 1.37. The van der Waals surface area contributed by atoms with Gasteiger partial charge in [0.2, 0.25) is 35.4 Å². The summed E-state index contributed by atoms with van der Waals surface area (Å²) in [5.41, 5.74) is 7.12. The van der Waals surface area contributed by atoms with Crippen molar-refractivity contribution in [1.29, 1.82) is 0 Å². The van der Waals surface area contributed by atoms with Crippen molar-refractivity contribution in [2.24, 2.45) is 59.0 Å². The first-order valence-corrected chi connectivity index (χ1v) is 34.3. The van der Waals surface area contributed by atoms with E-state index in [1.807, 2.05) is 73.6 Å². The second-order valence-electron chi connectivity index (χ2n) is 27.6. The molecular formula is C72H112N8O15. The van der Waals surface area contributed by atoms with Crippen molar-refractivity contribution in [1.82, 2.24) is 35.6 Å². The lowest BCUT2D eigenvalue weighted by Crippen LogP contribution is -2.54. The maximum absolute atomic E-state index is 14.9. The van der Waals surface area contributed by atoms with Crippen molar-refractivity contribution in [3.8, 4) is 0 Å². The van der Waals surface area contributed by atoms with Gasteiger partial charge in [0.15, 0.2) is 11.6 Å². The van der Waals surface area contributed by atoms with Gasteiger partial charge in [-0.05, 0) is 85.8 Å². The summed E-state index contributed by atoms with van der Waals surface area (Å²) in [5.74, 6) is -6.71. The summed E-state index contributed by atoms with van der Waals surface area (Å²) in [4.78, 5) is 154. The first-order chi connectivity index (χ1) is 44.9. The minimum absolute atomic E-state index is 0.0302. The number of rotatable bonds is 41. The number of ether oxygens (including phenoxy) is 2. The third-order valence-corrected chi connectivity index (χ3v) is 19.5. The molecule has 95 heavy (non-hydrogen) atoms. The number of ketones is 3. The summed E-state index contributed by atoms with van der Waals surface area (Å²) in [7, 11) is 4.65. The molecular weight excluding hydrogens is 1220 g/mol. The highest BCUT2D eigenvalue weighted by molar-refractivity contribution is 6.03. The minimum atomic E-state index is -0.969. The highest BCUT2D eigenvalue weighted by atomic mass is 16.6. The van der Waals surface area contributed by atoms with Crippen LogP contribution < -0.4 is 21.7 Å². The third-order valence-electron chi connectivity index (χ3n) is 19.5. The highest BCUT2D eigenvalue weighted by Gasteiger charge is 2.44. The number of hydrogen-bond donors (Lipinski definition) is 6. The number of primary amides is 1. The zero-order valence-electron chi connectivity index (χ0n) is 58.9. The average Bonchev–Trinajstić information content (AvgIpc) is 1.78. The smallest absolute Gasteiger partial charge is 0.410 e. The molecule has 0 spiro atoms. The van der Waals surface area contributed by atoms with Crippen molar-refractivity contribution in [2.75, 3.05) is 47.4 Å². The molecule has 2 saturated heterocycles. The summed E-state index contributed by atoms with van der Waals surface area (Å²) in [6.45, 7) is 20.5. The number of likely N-dealkylation sites (tertiary alicyclic amines) is 2. The molecule has 0 saturated carbocycles. The average molecular weight is 1330 g/mol.